The van der Waals surface area contributed by atoms with Crippen molar-refractivity contribution < 1.29 is 18.4 Å². The fourth-order valence-corrected chi connectivity index (χ4v) is 3.76. The van der Waals surface area contributed by atoms with E-state index in [2.05, 4.69) is 45.5 Å². The van der Waals surface area contributed by atoms with Crippen molar-refractivity contribution in [1.29, 1.82) is 0 Å². The van der Waals surface area contributed by atoms with Crippen LogP contribution in [0.4, 0.5) is 8.78 Å². The number of ketones is 1. The first kappa shape index (κ1) is 24.7. The van der Waals surface area contributed by atoms with Crippen LogP contribution in [0.2, 0.25) is 0 Å². The molecule has 0 saturated heterocycles. The van der Waals surface area contributed by atoms with Crippen LogP contribution in [0.5, 0.6) is 0 Å². The van der Waals surface area contributed by atoms with Crippen molar-refractivity contribution >= 4 is 22.7 Å². The van der Waals surface area contributed by atoms with Crippen molar-refractivity contribution in [3.63, 3.8) is 0 Å². The molecule has 4 aromatic rings. The van der Waals surface area contributed by atoms with E-state index in [1.807, 2.05) is 6.07 Å². The monoisotopic (exact) mass is 487 g/mol. The lowest BCUT2D eigenvalue weighted by atomic mass is 9.98. The van der Waals surface area contributed by atoms with Gasteiger partial charge in [0.2, 0.25) is 5.78 Å². The van der Waals surface area contributed by atoms with Crippen LogP contribution in [0.1, 0.15) is 45.8 Å². The molecule has 0 fully saturated rings. The largest absolute Gasteiger partial charge is 0.366 e. The third-order valence-corrected chi connectivity index (χ3v) is 5.87. The van der Waals surface area contributed by atoms with Crippen molar-refractivity contribution in [2.75, 3.05) is 19.6 Å². The number of benzene rings is 1. The van der Waals surface area contributed by atoms with Gasteiger partial charge in [-0.3, -0.25) is 14.5 Å². The van der Waals surface area contributed by atoms with E-state index in [0.717, 1.165) is 30.8 Å². The molecule has 0 aliphatic carbocycles. The lowest BCUT2D eigenvalue weighted by molar-refractivity contribution is 0.0996. The molecule has 0 radical (unpaired) electrons. The van der Waals surface area contributed by atoms with Gasteiger partial charge in [-0.15, -0.1) is 0 Å². The number of rotatable bonds is 7. The van der Waals surface area contributed by atoms with E-state index < -0.39 is 34.5 Å². The third kappa shape index (κ3) is 4.85. The number of hydrogen-bond donors (Lipinski definition) is 2. The van der Waals surface area contributed by atoms with Gasteiger partial charge in [-0.1, -0.05) is 19.8 Å². The van der Waals surface area contributed by atoms with E-state index in [1.165, 1.54) is 6.20 Å². The molecule has 9 heteroatoms. The third-order valence-electron chi connectivity index (χ3n) is 5.87. The Morgan fingerprint density at radius 3 is 2.44 bits per heavy atom. The van der Waals surface area contributed by atoms with E-state index in [0.29, 0.717) is 28.8 Å². The van der Waals surface area contributed by atoms with Gasteiger partial charge in [0, 0.05) is 40.7 Å². The molecule has 0 bridgehead atoms. The molecule has 0 atom stereocenters. The number of nitrogens with two attached hydrogens (primary N) is 1. The van der Waals surface area contributed by atoms with Crippen molar-refractivity contribution in [3.05, 3.63) is 82.9 Å². The Balaban J connectivity index is 1.66. The van der Waals surface area contributed by atoms with E-state index in [9.17, 15) is 18.4 Å². The van der Waals surface area contributed by atoms with Crippen LogP contribution in [-0.2, 0) is 0 Å². The summed E-state index contributed by atoms with van der Waals surface area (Å²) in [5.74, 6) is 1.72. The fourth-order valence-electron chi connectivity index (χ4n) is 3.76. The molecular weight excluding hydrogens is 464 g/mol. The van der Waals surface area contributed by atoms with Gasteiger partial charge < -0.3 is 10.7 Å². The average molecular weight is 488 g/mol. The highest BCUT2D eigenvalue weighted by atomic mass is 19.1. The molecule has 36 heavy (non-hydrogen) atoms. The molecule has 0 unspecified atom stereocenters. The van der Waals surface area contributed by atoms with E-state index >= 15 is 0 Å². The zero-order chi connectivity index (χ0) is 25.8. The van der Waals surface area contributed by atoms with Crippen LogP contribution in [0.3, 0.4) is 0 Å². The first-order valence-electron chi connectivity index (χ1n) is 11.3. The number of nitrogens with one attached hydrogen (secondary N) is 1. The van der Waals surface area contributed by atoms with Crippen LogP contribution in [0.25, 0.3) is 22.2 Å². The summed E-state index contributed by atoms with van der Waals surface area (Å²) in [6.45, 7) is 6.67. The summed E-state index contributed by atoms with van der Waals surface area (Å²) >= 11 is 0. The summed E-state index contributed by atoms with van der Waals surface area (Å²) in [4.78, 5) is 38.3. The zero-order valence-corrected chi connectivity index (χ0v) is 19.7. The molecule has 0 spiro atoms. The SMILES string of the molecule is CCN(CC)CC#Cc1ccc(-c2cnc3[nH]cc(C(=O)c4c(F)ccc(C(N)=O)c4F)c3c2)cn1. The quantitative estimate of drug-likeness (QED) is 0.304. The highest BCUT2D eigenvalue weighted by Crippen LogP contribution is 2.28. The molecule has 7 nitrogen and oxygen atoms in total. The molecule has 1 aromatic carbocycles. The highest BCUT2D eigenvalue weighted by Gasteiger charge is 2.26. The number of amides is 1. The molecule has 3 aromatic heterocycles. The summed E-state index contributed by atoms with van der Waals surface area (Å²) in [6.07, 6.45) is 4.57. The Bertz CT molecular complexity index is 1510. The number of pyridine rings is 2. The Labute approximate surface area is 206 Å². The first-order chi connectivity index (χ1) is 17.3. The van der Waals surface area contributed by atoms with Gasteiger partial charge in [0.1, 0.15) is 23.0 Å². The Hall–Kier alpha value is -4.42. The summed E-state index contributed by atoms with van der Waals surface area (Å²) in [7, 11) is 0. The normalized spacial score (nSPS) is 10.9. The van der Waals surface area contributed by atoms with Crippen LogP contribution < -0.4 is 5.73 Å². The smallest absolute Gasteiger partial charge is 0.251 e. The predicted molar refractivity (Wildman–Crippen MR) is 132 cm³/mol. The van der Waals surface area contributed by atoms with Gasteiger partial charge in [-0.05, 0) is 49.3 Å². The number of primary amides is 1. The molecule has 0 aliphatic rings. The fraction of sp³-hybridized carbons (Fsp3) is 0.185. The number of H-pyrrole nitrogens is 1. The predicted octanol–water partition coefficient (Wildman–Crippen LogP) is 3.93. The standard InChI is InChI=1S/C27H23F2N5O2/c1-3-34(4-2)11-5-6-18-8-7-16(13-31-18)17-12-20-21(15-33-27(20)32-14-17)25(35)23-22(28)10-9-19(24(23)29)26(30)36/h7-10,12-15H,3-4,11H2,1-2H3,(H2,30,36)(H,32,33). The summed E-state index contributed by atoms with van der Waals surface area (Å²) in [6, 6.07) is 7.05. The van der Waals surface area contributed by atoms with Crippen LogP contribution in [0, 0.1) is 23.5 Å². The van der Waals surface area contributed by atoms with E-state index in [4.69, 9.17) is 5.73 Å². The second-order valence-corrected chi connectivity index (χ2v) is 8.00. The van der Waals surface area contributed by atoms with Gasteiger partial charge in [-0.25, -0.2) is 18.7 Å². The number of aromatic nitrogens is 3. The van der Waals surface area contributed by atoms with Crippen molar-refractivity contribution in [1.82, 2.24) is 19.9 Å². The van der Waals surface area contributed by atoms with Crippen molar-refractivity contribution in [2.45, 2.75) is 13.8 Å². The number of carbonyl (C=O) groups excluding carboxylic acids is 2. The topological polar surface area (TPSA) is 105 Å². The lowest BCUT2D eigenvalue weighted by Gasteiger charge is -2.13. The second kappa shape index (κ2) is 10.5. The van der Waals surface area contributed by atoms with Crippen molar-refractivity contribution in [3.8, 4) is 23.0 Å². The molecule has 0 aliphatic heterocycles. The van der Waals surface area contributed by atoms with E-state index in [-0.39, 0.29) is 5.56 Å². The number of fused-ring (bicyclic) bond motifs is 1. The number of hydrogen-bond acceptors (Lipinski definition) is 5. The van der Waals surface area contributed by atoms with Gasteiger partial charge in [0.15, 0.2) is 0 Å². The van der Waals surface area contributed by atoms with E-state index in [1.54, 1.807) is 24.5 Å². The molecule has 1 amide bonds. The van der Waals surface area contributed by atoms with Gasteiger partial charge >= 0.3 is 0 Å². The highest BCUT2D eigenvalue weighted by molar-refractivity contribution is 6.17. The van der Waals surface area contributed by atoms with Crippen LogP contribution in [-0.4, -0.2) is 51.2 Å². The number of halogens is 2. The molecule has 0 saturated carbocycles. The molecule has 3 heterocycles. The Morgan fingerprint density at radius 1 is 1.03 bits per heavy atom. The minimum atomic E-state index is -1.30. The maximum atomic E-state index is 14.8. The summed E-state index contributed by atoms with van der Waals surface area (Å²) < 4.78 is 29.2. The zero-order valence-electron chi connectivity index (χ0n) is 19.7. The maximum absolute atomic E-state index is 14.8. The minimum Gasteiger partial charge on any atom is -0.366 e. The Kier molecular flexibility index (Phi) is 7.17. The van der Waals surface area contributed by atoms with Gasteiger partial charge in [0.05, 0.1) is 17.7 Å². The minimum absolute atomic E-state index is 0.00520. The maximum Gasteiger partial charge on any atom is 0.251 e. The van der Waals surface area contributed by atoms with Gasteiger partial charge in [0.25, 0.3) is 5.91 Å². The molecule has 3 N–H and O–H groups in total. The molecular formula is C27H23F2N5O2. The second-order valence-electron chi connectivity index (χ2n) is 8.00. The first-order valence-corrected chi connectivity index (χ1v) is 11.3. The summed E-state index contributed by atoms with van der Waals surface area (Å²) in [5.41, 5.74) is 6.09. The summed E-state index contributed by atoms with van der Waals surface area (Å²) in [5, 5.41) is 0.365. The molecule has 4 rings (SSSR count). The lowest BCUT2D eigenvalue weighted by Crippen LogP contribution is -2.22. The van der Waals surface area contributed by atoms with Gasteiger partial charge in [-0.2, -0.15) is 0 Å². The average Bonchev–Trinajstić information content (AvgIpc) is 3.30. The number of carbonyl (C=O) groups is 2. The van der Waals surface area contributed by atoms with Crippen LogP contribution >= 0.6 is 0 Å². The van der Waals surface area contributed by atoms with Crippen molar-refractivity contribution in [2.24, 2.45) is 5.73 Å². The number of aromatic amines is 1. The molecule has 182 valence electrons. The Morgan fingerprint density at radius 2 is 1.78 bits per heavy atom. The van der Waals surface area contributed by atoms with Crippen LogP contribution in [0.15, 0.2) is 48.9 Å². The number of nitrogens with zero attached hydrogens (tertiary/aromatic N) is 3.